The Morgan fingerprint density at radius 3 is 2.81 bits per heavy atom. The van der Waals surface area contributed by atoms with Crippen LogP contribution in [0.5, 0.6) is 0 Å². The number of fused-ring (bicyclic) bond motifs is 4. The number of rotatable bonds is 1. The van der Waals surface area contributed by atoms with Gasteiger partial charge in [0.1, 0.15) is 0 Å². The highest BCUT2D eigenvalue weighted by Crippen LogP contribution is 2.40. The molecule has 1 aromatic carbocycles. The van der Waals surface area contributed by atoms with E-state index in [0.717, 1.165) is 50.0 Å². The van der Waals surface area contributed by atoms with Crippen LogP contribution in [-0.2, 0) is 12.0 Å². The van der Waals surface area contributed by atoms with Crippen LogP contribution in [-0.4, -0.2) is 40.4 Å². The van der Waals surface area contributed by atoms with Gasteiger partial charge in [0.2, 0.25) is 0 Å². The number of nitrogens with zero attached hydrogens (tertiary/aromatic N) is 2. The molecule has 1 fully saturated rings. The third-order valence-corrected chi connectivity index (χ3v) is 6.30. The fourth-order valence-corrected chi connectivity index (χ4v) is 4.76. The van der Waals surface area contributed by atoms with Crippen molar-refractivity contribution >= 4 is 16.8 Å². The molecule has 5 nitrogen and oxygen atoms in total. The lowest BCUT2D eigenvalue weighted by Crippen LogP contribution is -2.55. The van der Waals surface area contributed by atoms with Gasteiger partial charge in [0.15, 0.2) is 0 Å². The number of pyridine rings is 1. The van der Waals surface area contributed by atoms with E-state index in [1.807, 2.05) is 17.9 Å². The topological polar surface area (TPSA) is 61.0 Å². The average molecular weight is 360 g/mol. The summed E-state index contributed by atoms with van der Waals surface area (Å²) in [6, 6.07) is 10.5. The molecule has 0 saturated carbocycles. The van der Waals surface area contributed by atoms with Gasteiger partial charge in [-0.1, -0.05) is 18.2 Å². The van der Waals surface area contributed by atoms with Crippen LogP contribution in [0.15, 0.2) is 42.7 Å². The van der Waals surface area contributed by atoms with Gasteiger partial charge in [-0.15, -0.1) is 0 Å². The number of hydrogen-bond donors (Lipinski definition) is 2. The van der Waals surface area contributed by atoms with E-state index < -0.39 is 0 Å². The number of carbonyl (C=O) groups excluding carboxylic acids is 1. The van der Waals surface area contributed by atoms with Crippen LogP contribution in [0.25, 0.3) is 10.9 Å². The molecule has 0 bridgehead atoms. The molecule has 2 N–H and O–H groups in total. The first-order valence-corrected chi connectivity index (χ1v) is 9.73. The quantitative estimate of drug-likeness (QED) is 0.701. The van der Waals surface area contributed by atoms with Gasteiger partial charge < -0.3 is 15.2 Å². The lowest BCUT2D eigenvalue weighted by Gasteiger charge is -2.44. The summed E-state index contributed by atoms with van der Waals surface area (Å²) in [6.07, 6.45) is 6.34. The van der Waals surface area contributed by atoms with E-state index in [1.54, 1.807) is 12.4 Å². The average Bonchev–Trinajstić information content (AvgIpc) is 3.09. The lowest BCUT2D eigenvalue weighted by molar-refractivity contribution is 0.0625. The predicted molar refractivity (Wildman–Crippen MR) is 106 cm³/mol. The van der Waals surface area contributed by atoms with Crippen LogP contribution in [0.1, 0.15) is 40.0 Å². The first kappa shape index (κ1) is 16.5. The van der Waals surface area contributed by atoms with E-state index in [4.69, 9.17) is 0 Å². The molecule has 5 heteroatoms. The number of amides is 1. The Morgan fingerprint density at radius 2 is 2.00 bits per heavy atom. The van der Waals surface area contributed by atoms with Crippen LogP contribution < -0.4 is 5.32 Å². The van der Waals surface area contributed by atoms with E-state index in [9.17, 15) is 4.79 Å². The number of H-pyrrole nitrogens is 1. The minimum Gasteiger partial charge on any atom is -0.357 e. The minimum atomic E-state index is -0.0482. The Hall–Kier alpha value is -2.66. The Morgan fingerprint density at radius 1 is 1.19 bits per heavy atom. The second kappa shape index (κ2) is 6.20. The summed E-state index contributed by atoms with van der Waals surface area (Å²) in [5.41, 5.74) is 5.66. The molecule has 2 aromatic heterocycles. The van der Waals surface area contributed by atoms with Gasteiger partial charge >= 0.3 is 0 Å². The number of aromatic nitrogens is 2. The smallest absolute Gasteiger partial charge is 0.255 e. The van der Waals surface area contributed by atoms with Crippen LogP contribution in [0.3, 0.4) is 0 Å². The molecule has 5 rings (SSSR count). The van der Waals surface area contributed by atoms with Crippen LogP contribution in [0.2, 0.25) is 0 Å². The van der Waals surface area contributed by atoms with Gasteiger partial charge in [0, 0.05) is 48.6 Å². The third kappa shape index (κ3) is 2.57. The summed E-state index contributed by atoms with van der Waals surface area (Å²) >= 11 is 0. The van der Waals surface area contributed by atoms with Gasteiger partial charge in [0.05, 0.1) is 11.1 Å². The Kier molecular flexibility index (Phi) is 3.79. The number of piperidine rings is 1. The van der Waals surface area contributed by atoms with E-state index in [0.29, 0.717) is 0 Å². The second-order valence-electron chi connectivity index (χ2n) is 7.77. The largest absolute Gasteiger partial charge is 0.357 e. The van der Waals surface area contributed by atoms with Crippen molar-refractivity contribution in [2.45, 2.75) is 31.7 Å². The number of carbonyl (C=O) groups is 1. The zero-order chi connectivity index (χ0) is 18.4. The molecule has 0 atom stereocenters. The molecule has 2 aliphatic heterocycles. The van der Waals surface area contributed by atoms with Crippen LogP contribution >= 0.6 is 0 Å². The molecular formula is C22H24N4O. The Balaban J connectivity index is 1.42. The summed E-state index contributed by atoms with van der Waals surface area (Å²) in [6.45, 7) is 4.48. The predicted octanol–water partition coefficient (Wildman–Crippen LogP) is 3.15. The first-order valence-electron chi connectivity index (χ1n) is 9.73. The molecule has 0 radical (unpaired) electrons. The van der Waals surface area contributed by atoms with E-state index in [2.05, 4.69) is 39.6 Å². The second-order valence-corrected chi connectivity index (χ2v) is 7.77. The van der Waals surface area contributed by atoms with Crippen molar-refractivity contribution in [1.82, 2.24) is 20.2 Å². The zero-order valence-electron chi connectivity index (χ0n) is 15.6. The van der Waals surface area contributed by atoms with Crippen molar-refractivity contribution in [1.29, 1.82) is 0 Å². The number of likely N-dealkylation sites (tertiary alicyclic amines) is 1. The van der Waals surface area contributed by atoms with Crippen molar-refractivity contribution in [3.63, 3.8) is 0 Å². The van der Waals surface area contributed by atoms with Crippen molar-refractivity contribution < 1.29 is 4.79 Å². The van der Waals surface area contributed by atoms with Crippen LogP contribution in [0, 0.1) is 6.92 Å². The fourth-order valence-electron chi connectivity index (χ4n) is 4.76. The maximum Gasteiger partial charge on any atom is 0.255 e. The molecule has 0 aliphatic carbocycles. The summed E-state index contributed by atoms with van der Waals surface area (Å²) in [5.74, 6) is 0.100. The molecular weight excluding hydrogens is 336 g/mol. The molecule has 3 aromatic rings. The highest BCUT2D eigenvalue weighted by atomic mass is 16.2. The monoisotopic (exact) mass is 360 g/mol. The fraction of sp³-hybridized carbons (Fsp3) is 0.364. The van der Waals surface area contributed by atoms with Crippen molar-refractivity contribution in [2.24, 2.45) is 0 Å². The Labute approximate surface area is 158 Å². The summed E-state index contributed by atoms with van der Waals surface area (Å²) in [4.78, 5) is 22.7. The van der Waals surface area contributed by atoms with Crippen molar-refractivity contribution in [3.8, 4) is 0 Å². The molecule has 4 heterocycles. The Bertz CT molecular complexity index is 1010. The molecule has 1 amide bonds. The maximum atomic E-state index is 12.9. The van der Waals surface area contributed by atoms with Gasteiger partial charge in [-0.2, -0.15) is 0 Å². The van der Waals surface area contributed by atoms with Crippen LogP contribution in [0.4, 0.5) is 0 Å². The molecule has 0 unspecified atom stereocenters. The molecule has 2 aliphatic rings. The number of aryl methyl sites for hydroxylation is 1. The lowest BCUT2D eigenvalue weighted by atomic mass is 9.79. The first-order chi connectivity index (χ1) is 13.2. The third-order valence-electron chi connectivity index (χ3n) is 6.30. The van der Waals surface area contributed by atoms with Crippen molar-refractivity contribution in [2.75, 3.05) is 19.6 Å². The summed E-state index contributed by atoms with van der Waals surface area (Å²) in [5, 5.41) is 5.13. The van der Waals surface area contributed by atoms with E-state index in [1.165, 1.54) is 22.2 Å². The normalized spacial score (nSPS) is 18.6. The standard InChI is InChI=1S/C22H24N4O/c1-15-6-10-23-14-18(15)21(27)26-12-8-22(9-13-26)20-17(7-11-24-22)16-4-2-3-5-19(16)25-20/h2-6,10,14,24-25H,7-9,11-13H2,1H3. The molecule has 1 spiro atoms. The van der Waals surface area contributed by atoms with E-state index >= 15 is 0 Å². The van der Waals surface area contributed by atoms with Gasteiger partial charge in [-0.05, 0) is 49.4 Å². The maximum absolute atomic E-state index is 12.9. The molecule has 138 valence electrons. The van der Waals surface area contributed by atoms with Crippen molar-refractivity contribution in [3.05, 3.63) is 65.1 Å². The number of nitrogens with one attached hydrogen (secondary N) is 2. The zero-order valence-corrected chi connectivity index (χ0v) is 15.6. The van der Waals surface area contributed by atoms with Gasteiger partial charge in [-0.25, -0.2) is 0 Å². The number of para-hydroxylation sites is 1. The number of benzene rings is 1. The number of hydrogen-bond acceptors (Lipinski definition) is 3. The SMILES string of the molecule is Cc1ccncc1C(=O)N1CCC2(CC1)NCCc1c2[nH]c2ccccc12. The summed E-state index contributed by atoms with van der Waals surface area (Å²) < 4.78 is 0. The highest BCUT2D eigenvalue weighted by Gasteiger charge is 2.42. The highest BCUT2D eigenvalue weighted by molar-refractivity contribution is 5.95. The van der Waals surface area contributed by atoms with E-state index in [-0.39, 0.29) is 11.4 Å². The minimum absolute atomic E-state index is 0.0482. The van der Waals surface area contributed by atoms with Gasteiger partial charge in [-0.3, -0.25) is 9.78 Å². The summed E-state index contributed by atoms with van der Waals surface area (Å²) in [7, 11) is 0. The molecule has 1 saturated heterocycles. The number of aromatic amines is 1. The van der Waals surface area contributed by atoms with Gasteiger partial charge in [0.25, 0.3) is 5.91 Å². The molecule has 27 heavy (non-hydrogen) atoms.